The Hall–Kier alpha value is -1.98. The number of rotatable bonds is 2. The molecule has 0 aliphatic carbocycles. The van der Waals surface area contributed by atoms with E-state index in [1.807, 2.05) is 0 Å². The van der Waals surface area contributed by atoms with Crippen LogP contribution in [-0.4, -0.2) is 9.97 Å². The van der Waals surface area contributed by atoms with Crippen LogP contribution in [0.25, 0.3) is 0 Å². The topological polar surface area (TPSA) is 25.8 Å². The van der Waals surface area contributed by atoms with E-state index >= 15 is 0 Å². The third kappa shape index (κ3) is 3.07. The zero-order chi connectivity index (χ0) is 14.0. The van der Waals surface area contributed by atoms with Crippen molar-refractivity contribution in [2.24, 2.45) is 0 Å². The van der Waals surface area contributed by atoms with Crippen LogP contribution in [-0.2, 0) is 12.6 Å². The summed E-state index contributed by atoms with van der Waals surface area (Å²) in [5.41, 5.74) is -0.798. The van der Waals surface area contributed by atoms with Crippen LogP contribution in [0.1, 0.15) is 22.6 Å². The van der Waals surface area contributed by atoms with E-state index in [1.54, 1.807) is 13.0 Å². The molecule has 0 aliphatic rings. The van der Waals surface area contributed by atoms with Crippen LogP contribution in [0.15, 0.2) is 30.5 Å². The lowest BCUT2D eigenvalue weighted by Crippen LogP contribution is -2.12. The average Bonchev–Trinajstić information content (AvgIpc) is 2.30. The van der Waals surface area contributed by atoms with Crippen LogP contribution in [0.4, 0.5) is 17.6 Å². The maximum Gasteiger partial charge on any atom is 0.416 e. The third-order valence-corrected chi connectivity index (χ3v) is 2.60. The standard InChI is InChI=1S/C13H10F4N2/c1-8-5-6-18-12(19-8)7-9-10(13(15,16)17)3-2-4-11(9)14/h2-6H,7H2,1H3. The van der Waals surface area contributed by atoms with Crippen molar-refractivity contribution in [3.05, 3.63) is 58.9 Å². The Morgan fingerprint density at radius 3 is 2.53 bits per heavy atom. The summed E-state index contributed by atoms with van der Waals surface area (Å²) in [6.45, 7) is 1.69. The number of aromatic nitrogens is 2. The Morgan fingerprint density at radius 2 is 1.89 bits per heavy atom. The Labute approximate surface area is 107 Å². The van der Waals surface area contributed by atoms with Crippen LogP contribution in [0.3, 0.4) is 0 Å². The lowest BCUT2D eigenvalue weighted by atomic mass is 10.0. The average molecular weight is 270 g/mol. The number of alkyl halides is 3. The van der Waals surface area contributed by atoms with Crippen molar-refractivity contribution in [2.75, 3.05) is 0 Å². The molecule has 0 amide bonds. The van der Waals surface area contributed by atoms with Crippen molar-refractivity contribution < 1.29 is 17.6 Å². The van der Waals surface area contributed by atoms with Crippen molar-refractivity contribution in [1.29, 1.82) is 0 Å². The van der Waals surface area contributed by atoms with Gasteiger partial charge in [0, 0.05) is 23.9 Å². The summed E-state index contributed by atoms with van der Waals surface area (Å²) in [7, 11) is 0. The van der Waals surface area contributed by atoms with Gasteiger partial charge in [0.2, 0.25) is 0 Å². The highest BCUT2D eigenvalue weighted by Gasteiger charge is 2.34. The maximum atomic E-state index is 13.6. The molecule has 0 saturated heterocycles. The molecule has 6 heteroatoms. The molecule has 0 radical (unpaired) electrons. The Morgan fingerprint density at radius 1 is 1.16 bits per heavy atom. The van der Waals surface area contributed by atoms with E-state index in [0.717, 1.165) is 18.2 Å². The minimum atomic E-state index is -4.60. The molecule has 2 nitrogen and oxygen atoms in total. The second-order valence-corrected chi connectivity index (χ2v) is 4.05. The van der Waals surface area contributed by atoms with Gasteiger partial charge in [-0.25, -0.2) is 14.4 Å². The molecule has 2 rings (SSSR count). The molecule has 2 aromatic rings. The third-order valence-electron chi connectivity index (χ3n) is 2.60. The quantitative estimate of drug-likeness (QED) is 0.780. The maximum absolute atomic E-state index is 13.6. The molecule has 0 atom stereocenters. The van der Waals surface area contributed by atoms with E-state index < -0.39 is 23.1 Å². The molecular formula is C13H10F4N2. The van der Waals surface area contributed by atoms with Gasteiger partial charge < -0.3 is 0 Å². The summed E-state index contributed by atoms with van der Waals surface area (Å²) < 4.78 is 52.0. The Bertz CT molecular complexity index is 593. The van der Waals surface area contributed by atoms with E-state index in [9.17, 15) is 17.6 Å². The molecule has 0 bridgehead atoms. The fraction of sp³-hybridized carbons (Fsp3) is 0.231. The van der Waals surface area contributed by atoms with Crippen LogP contribution >= 0.6 is 0 Å². The van der Waals surface area contributed by atoms with Crippen molar-refractivity contribution in [3.63, 3.8) is 0 Å². The van der Waals surface area contributed by atoms with Gasteiger partial charge >= 0.3 is 6.18 Å². The number of aryl methyl sites for hydroxylation is 1. The first-order chi connectivity index (χ1) is 8.88. The first kappa shape index (κ1) is 13.5. The summed E-state index contributed by atoms with van der Waals surface area (Å²) in [5, 5.41) is 0. The Balaban J connectivity index is 2.45. The van der Waals surface area contributed by atoms with Crippen molar-refractivity contribution in [3.8, 4) is 0 Å². The van der Waals surface area contributed by atoms with E-state index in [1.165, 1.54) is 6.20 Å². The molecule has 0 aliphatic heterocycles. The van der Waals surface area contributed by atoms with Crippen LogP contribution < -0.4 is 0 Å². The fourth-order valence-electron chi connectivity index (χ4n) is 1.75. The molecule has 0 spiro atoms. The number of hydrogen-bond acceptors (Lipinski definition) is 2. The molecule has 0 saturated carbocycles. The van der Waals surface area contributed by atoms with Gasteiger partial charge in [0.25, 0.3) is 0 Å². The summed E-state index contributed by atoms with van der Waals surface area (Å²) in [6, 6.07) is 4.52. The summed E-state index contributed by atoms with van der Waals surface area (Å²) in [5.74, 6) is -0.740. The highest BCUT2D eigenvalue weighted by atomic mass is 19.4. The molecule has 100 valence electrons. The van der Waals surface area contributed by atoms with Crippen molar-refractivity contribution in [1.82, 2.24) is 9.97 Å². The first-order valence-corrected chi connectivity index (χ1v) is 5.51. The SMILES string of the molecule is Cc1ccnc(Cc2c(F)cccc2C(F)(F)F)n1. The number of halogens is 4. The minimum Gasteiger partial charge on any atom is -0.241 e. The number of benzene rings is 1. The van der Waals surface area contributed by atoms with Gasteiger partial charge in [0.05, 0.1) is 5.56 Å². The zero-order valence-corrected chi connectivity index (χ0v) is 10.0. The van der Waals surface area contributed by atoms with E-state index in [0.29, 0.717) is 5.69 Å². The Kier molecular flexibility index (Phi) is 3.50. The molecule has 1 heterocycles. The van der Waals surface area contributed by atoms with Gasteiger partial charge in [-0.05, 0) is 25.1 Å². The first-order valence-electron chi connectivity index (χ1n) is 5.51. The van der Waals surface area contributed by atoms with Gasteiger partial charge in [-0.3, -0.25) is 0 Å². The number of nitrogens with zero attached hydrogens (tertiary/aromatic N) is 2. The van der Waals surface area contributed by atoms with E-state index in [2.05, 4.69) is 9.97 Å². The smallest absolute Gasteiger partial charge is 0.241 e. The highest BCUT2D eigenvalue weighted by Crippen LogP contribution is 2.33. The van der Waals surface area contributed by atoms with Crippen molar-refractivity contribution >= 4 is 0 Å². The van der Waals surface area contributed by atoms with Gasteiger partial charge in [0.1, 0.15) is 11.6 Å². The second-order valence-electron chi connectivity index (χ2n) is 4.05. The molecule has 1 aromatic heterocycles. The van der Waals surface area contributed by atoms with Gasteiger partial charge in [-0.2, -0.15) is 13.2 Å². The van der Waals surface area contributed by atoms with E-state index in [-0.39, 0.29) is 12.2 Å². The van der Waals surface area contributed by atoms with Gasteiger partial charge in [-0.15, -0.1) is 0 Å². The predicted molar refractivity (Wildman–Crippen MR) is 61.0 cm³/mol. The minimum absolute atomic E-state index is 0.163. The summed E-state index contributed by atoms with van der Waals surface area (Å²) in [4.78, 5) is 7.84. The number of hydrogen-bond donors (Lipinski definition) is 0. The van der Waals surface area contributed by atoms with Crippen LogP contribution in [0, 0.1) is 12.7 Å². The van der Waals surface area contributed by atoms with Crippen LogP contribution in [0.5, 0.6) is 0 Å². The molecule has 0 N–H and O–H groups in total. The molecular weight excluding hydrogens is 260 g/mol. The van der Waals surface area contributed by atoms with Crippen LogP contribution in [0.2, 0.25) is 0 Å². The lowest BCUT2D eigenvalue weighted by Gasteiger charge is -2.13. The second kappa shape index (κ2) is 4.95. The van der Waals surface area contributed by atoms with E-state index in [4.69, 9.17) is 0 Å². The molecule has 0 unspecified atom stereocenters. The normalized spacial score (nSPS) is 11.6. The highest BCUT2D eigenvalue weighted by molar-refractivity contribution is 5.33. The monoisotopic (exact) mass is 270 g/mol. The van der Waals surface area contributed by atoms with Gasteiger partial charge in [-0.1, -0.05) is 6.07 Å². The summed E-state index contributed by atoms with van der Waals surface area (Å²) in [6.07, 6.45) is -3.45. The fourth-order valence-corrected chi connectivity index (χ4v) is 1.75. The lowest BCUT2D eigenvalue weighted by molar-refractivity contribution is -0.138. The van der Waals surface area contributed by atoms with Crippen molar-refractivity contribution in [2.45, 2.75) is 19.5 Å². The molecule has 0 fully saturated rings. The van der Waals surface area contributed by atoms with Gasteiger partial charge in [0.15, 0.2) is 0 Å². The largest absolute Gasteiger partial charge is 0.416 e. The molecule has 19 heavy (non-hydrogen) atoms. The summed E-state index contributed by atoms with van der Waals surface area (Å²) >= 11 is 0. The molecule has 1 aromatic carbocycles. The predicted octanol–water partition coefficient (Wildman–Crippen LogP) is 3.53. The zero-order valence-electron chi connectivity index (χ0n) is 10.0.